The summed E-state index contributed by atoms with van der Waals surface area (Å²) in [5.74, 6) is 0. The van der Waals surface area contributed by atoms with Crippen LogP contribution in [0.3, 0.4) is 0 Å². The van der Waals surface area contributed by atoms with E-state index in [2.05, 4.69) is 33.8 Å². The highest BCUT2D eigenvalue weighted by Gasteiger charge is 2.30. The van der Waals surface area contributed by atoms with Crippen LogP contribution in [-0.2, 0) is 11.3 Å². The third-order valence-corrected chi connectivity index (χ3v) is 5.35. The lowest BCUT2D eigenvalue weighted by atomic mass is 10.1. The molecule has 0 amide bonds. The maximum absolute atomic E-state index is 5.87. The number of para-hydroxylation sites is 1. The van der Waals surface area contributed by atoms with E-state index in [1.165, 1.54) is 12.8 Å². The molecule has 6 heteroatoms. The van der Waals surface area contributed by atoms with Gasteiger partial charge >= 0.3 is 0 Å². The highest BCUT2D eigenvalue weighted by molar-refractivity contribution is 5.28. The summed E-state index contributed by atoms with van der Waals surface area (Å²) >= 11 is 0. The van der Waals surface area contributed by atoms with Crippen LogP contribution in [0.5, 0.6) is 0 Å². The molecule has 1 aromatic heterocycles. The number of rotatable bonds is 5. The Balaban J connectivity index is 1.37. The van der Waals surface area contributed by atoms with E-state index in [1.54, 1.807) is 4.80 Å². The van der Waals surface area contributed by atoms with Gasteiger partial charge in [-0.25, -0.2) is 0 Å². The van der Waals surface area contributed by atoms with Crippen molar-refractivity contribution in [2.75, 3.05) is 26.2 Å². The molecule has 0 N–H and O–H groups in total. The third-order valence-electron chi connectivity index (χ3n) is 5.35. The zero-order chi connectivity index (χ0) is 17.9. The van der Waals surface area contributed by atoms with Gasteiger partial charge in [-0.15, -0.1) is 0 Å². The molecule has 1 aromatic carbocycles. The predicted molar refractivity (Wildman–Crippen MR) is 101 cm³/mol. The number of aromatic nitrogens is 3. The first-order valence-electron chi connectivity index (χ1n) is 9.76. The van der Waals surface area contributed by atoms with Gasteiger partial charge in [-0.05, 0) is 45.4 Å². The van der Waals surface area contributed by atoms with Crippen LogP contribution >= 0.6 is 0 Å². The van der Waals surface area contributed by atoms with Crippen LogP contribution in [0.25, 0.3) is 5.69 Å². The zero-order valence-corrected chi connectivity index (χ0v) is 15.8. The number of benzene rings is 1. The van der Waals surface area contributed by atoms with E-state index in [0.717, 1.165) is 44.1 Å². The lowest BCUT2D eigenvalue weighted by Crippen LogP contribution is -2.50. The molecule has 2 aliphatic rings. The Morgan fingerprint density at radius 1 is 1.12 bits per heavy atom. The van der Waals surface area contributed by atoms with Gasteiger partial charge in [0.15, 0.2) is 0 Å². The van der Waals surface area contributed by atoms with E-state index in [9.17, 15) is 0 Å². The number of likely N-dealkylation sites (tertiary alicyclic amines) is 1. The van der Waals surface area contributed by atoms with E-state index in [-0.39, 0.29) is 0 Å². The van der Waals surface area contributed by atoms with E-state index < -0.39 is 0 Å². The first-order chi connectivity index (χ1) is 12.7. The van der Waals surface area contributed by atoms with Gasteiger partial charge in [-0.1, -0.05) is 18.2 Å². The van der Waals surface area contributed by atoms with Crippen LogP contribution < -0.4 is 0 Å². The van der Waals surface area contributed by atoms with Crippen molar-refractivity contribution in [1.82, 2.24) is 24.8 Å². The Labute approximate surface area is 155 Å². The standard InChI is InChI=1S/C20H29N5O/c1-16-12-23(13-17(2)26-16)15-20-9-6-10-24(20)14-18-11-21-25(22-18)19-7-4-3-5-8-19/h3-5,7-8,11,16-17,20H,6,9-10,12-15H2,1-2H3. The number of hydrogen-bond donors (Lipinski definition) is 0. The van der Waals surface area contributed by atoms with E-state index in [1.807, 2.05) is 36.5 Å². The molecule has 2 saturated heterocycles. The first-order valence-corrected chi connectivity index (χ1v) is 9.76. The average Bonchev–Trinajstić information content (AvgIpc) is 3.25. The molecular weight excluding hydrogens is 326 g/mol. The van der Waals surface area contributed by atoms with Crippen molar-refractivity contribution in [2.24, 2.45) is 0 Å². The monoisotopic (exact) mass is 355 g/mol. The van der Waals surface area contributed by atoms with Gasteiger partial charge in [0.25, 0.3) is 0 Å². The van der Waals surface area contributed by atoms with Crippen molar-refractivity contribution in [1.29, 1.82) is 0 Å². The van der Waals surface area contributed by atoms with Crippen molar-refractivity contribution >= 4 is 0 Å². The lowest BCUT2D eigenvalue weighted by molar-refractivity contribution is -0.0724. The highest BCUT2D eigenvalue weighted by Crippen LogP contribution is 2.22. The highest BCUT2D eigenvalue weighted by atomic mass is 16.5. The molecule has 2 aromatic rings. The quantitative estimate of drug-likeness (QED) is 0.824. The SMILES string of the molecule is CC1CN(CC2CCCN2Cc2cnn(-c3ccccc3)n2)CC(C)O1. The fraction of sp³-hybridized carbons (Fsp3) is 0.600. The normalized spacial score (nSPS) is 27.8. The van der Waals surface area contributed by atoms with Gasteiger partial charge in [-0.2, -0.15) is 15.0 Å². The van der Waals surface area contributed by atoms with Crippen molar-refractivity contribution in [3.63, 3.8) is 0 Å². The van der Waals surface area contributed by atoms with Gasteiger partial charge in [0.1, 0.15) is 0 Å². The molecule has 0 radical (unpaired) electrons. The lowest BCUT2D eigenvalue weighted by Gasteiger charge is -2.38. The molecule has 3 heterocycles. The molecule has 0 aliphatic carbocycles. The molecule has 0 saturated carbocycles. The summed E-state index contributed by atoms with van der Waals surface area (Å²) in [6.07, 6.45) is 5.11. The van der Waals surface area contributed by atoms with Crippen LogP contribution in [0.15, 0.2) is 36.5 Å². The van der Waals surface area contributed by atoms with Gasteiger partial charge in [0.05, 0.1) is 29.8 Å². The largest absolute Gasteiger partial charge is 0.373 e. The second-order valence-electron chi connectivity index (χ2n) is 7.70. The maximum Gasteiger partial charge on any atom is 0.0971 e. The topological polar surface area (TPSA) is 46.4 Å². The first kappa shape index (κ1) is 17.6. The van der Waals surface area contributed by atoms with Crippen LogP contribution in [0.2, 0.25) is 0 Å². The van der Waals surface area contributed by atoms with Crippen LogP contribution in [0.4, 0.5) is 0 Å². The number of hydrogen-bond acceptors (Lipinski definition) is 5. The van der Waals surface area contributed by atoms with E-state index in [0.29, 0.717) is 18.2 Å². The summed E-state index contributed by atoms with van der Waals surface area (Å²) in [5, 5.41) is 9.12. The Kier molecular flexibility index (Phi) is 5.33. The predicted octanol–water partition coefficient (Wildman–Crippen LogP) is 2.34. The van der Waals surface area contributed by atoms with E-state index >= 15 is 0 Å². The fourth-order valence-electron chi connectivity index (χ4n) is 4.30. The van der Waals surface area contributed by atoms with Gasteiger partial charge in [0, 0.05) is 32.2 Å². The Bertz CT molecular complexity index is 693. The minimum Gasteiger partial charge on any atom is -0.373 e. The van der Waals surface area contributed by atoms with Gasteiger partial charge in [-0.3, -0.25) is 9.80 Å². The molecule has 6 nitrogen and oxygen atoms in total. The van der Waals surface area contributed by atoms with Gasteiger partial charge in [0.2, 0.25) is 0 Å². The Morgan fingerprint density at radius 3 is 2.65 bits per heavy atom. The summed E-state index contributed by atoms with van der Waals surface area (Å²) in [7, 11) is 0. The minimum atomic E-state index is 0.333. The summed E-state index contributed by atoms with van der Waals surface area (Å²) in [5.41, 5.74) is 2.05. The molecule has 0 spiro atoms. The third kappa shape index (κ3) is 4.14. The molecular formula is C20H29N5O. The molecule has 3 atom stereocenters. The number of ether oxygens (including phenoxy) is 1. The average molecular weight is 355 g/mol. The minimum absolute atomic E-state index is 0.333. The molecule has 4 rings (SSSR count). The second kappa shape index (κ2) is 7.86. The maximum atomic E-state index is 5.87. The Morgan fingerprint density at radius 2 is 1.88 bits per heavy atom. The summed E-state index contributed by atoms with van der Waals surface area (Å²) in [6.45, 7) is 9.60. The molecule has 3 unspecified atom stereocenters. The van der Waals surface area contributed by atoms with Crippen molar-refractivity contribution in [3.8, 4) is 5.69 Å². The van der Waals surface area contributed by atoms with Crippen LogP contribution in [0.1, 0.15) is 32.4 Å². The van der Waals surface area contributed by atoms with Crippen molar-refractivity contribution in [3.05, 3.63) is 42.2 Å². The molecule has 26 heavy (non-hydrogen) atoms. The van der Waals surface area contributed by atoms with Crippen molar-refractivity contribution < 1.29 is 4.74 Å². The van der Waals surface area contributed by atoms with Crippen LogP contribution in [-0.4, -0.2) is 69.2 Å². The summed E-state index contributed by atoms with van der Waals surface area (Å²) < 4.78 is 5.87. The molecule has 140 valence electrons. The number of morpholine rings is 1. The molecule has 0 bridgehead atoms. The summed E-state index contributed by atoms with van der Waals surface area (Å²) in [4.78, 5) is 6.87. The Hall–Kier alpha value is -1.76. The second-order valence-corrected chi connectivity index (χ2v) is 7.70. The van der Waals surface area contributed by atoms with E-state index in [4.69, 9.17) is 4.74 Å². The van der Waals surface area contributed by atoms with Gasteiger partial charge < -0.3 is 4.74 Å². The van der Waals surface area contributed by atoms with Crippen molar-refractivity contribution in [2.45, 2.75) is 51.5 Å². The number of nitrogens with zero attached hydrogens (tertiary/aromatic N) is 5. The smallest absolute Gasteiger partial charge is 0.0971 e. The molecule has 2 aliphatic heterocycles. The summed E-state index contributed by atoms with van der Waals surface area (Å²) in [6, 6.07) is 10.7. The molecule has 2 fully saturated rings. The fourth-order valence-corrected chi connectivity index (χ4v) is 4.30. The zero-order valence-electron chi connectivity index (χ0n) is 15.8. The van der Waals surface area contributed by atoms with Crippen LogP contribution in [0, 0.1) is 0 Å².